The Bertz CT molecular complexity index is 493. The average Bonchev–Trinajstić information content (AvgIpc) is 2.21. The van der Waals surface area contributed by atoms with Gasteiger partial charge < -0.3 is 9.47 Å². The second kappa shape index (κ2) is 5.57. The minimum Gasteiger partial charge on any atom is -0.467 e. The molecule has 0 N–H and O–H groups in total. The van der Waals surface area contributed by atoms with Crippen LogP contribution in [0.15, 0.2) is 6.20 Å². The molecule has 0 aliphatic heterocycles. The molecule has 0 saturated carbocycles. The molecule has 1 aromatic heterocycles. The minimum atomic E-state index is -4.94. The molecule has 0 saturated heterocycles. The molecule has 0 unspecified atom stereocenters. The van der Waals surface area contributed by atoms with Crippen molar-refractivity contribution in [3.63, 3.8) is 0 Å². The smallest absolute Gasteiger partial charge is 0.423 e. The Morgan fingerprint density at radius 2 is 1.62 bits per heavy atom. The summed E-state index contributed by atoms with van der Waals surface area (Å²) in [7, 11) is 0. The molecular formula is C11H12F6N2O2. The third-order valence-electron chi connectivity index (χ3n) is 1.81. The van der Waals surface area contributed by atoms with Crippen LogP contribution in [0.4, 0.5) is 26.3 Å². The highest BCUT2D eigenvalue weighted by Gasteiger charge is 2.38. The van der Waals surface area contributed by atoms with Crippen molar-refractivity contribution in [3.05, 3.63) is 11.8 Å². The van der Waals surface area contributed by atoms with Crippen LogP contribution in [0, 0.1) is 0 Å². The maximum Gasteiger partial charge on any atom is 0.423 e. The Kier molecular flexibility index (Phi) is 4.59. The van der Waals surface area contributed by atoms with Crippen molar-refractivity contribution < 1.29 is 35.8 Å². The van der Waals surface area contributed by atoms with Gasteiger partial charge in [-0.05, 0) is 20.8 Å². The van der Waals surface area contributed by atoms with Crippen molar-refractivity contribution in [3.8, 4) is 11.9 Å². The molecule has 4 nitrogen and oxygen atoms in total. The molecular weight excluding hydrogens is 306 g/mol. The molecule has 1 heterocycles. The van der Waals surface area contributed by atoms with E-state index in [1.54, 1.807) is 20.8 Å². The summed E-state index contributed by atoms with van der Waals surface area (Å²) in [5.41, 5.74) is -2.34. The first-order valence-electron chi connectivity index (χ1n) is 5.61. The molecule has 0 bridgehead atoms. The number of hydrogen-bond donors (Lipinski definition) is 0. The van der Waals surface area contributed by atoms with Crippen LogP contribution in [0.3, 0.4) is 0 Å². The lowest BCUT2D eigenvalue weighted by atomic mass is 10.2. The van der Waals surface area contributed by atoms with E-state index < -0.39 is 42.0 Å². The molecule has 0 spiro atoms. The lowest BCUT2D eigenvalue weighted by molar-refractivity contribution is -0.160. The number of hydrogen-bond acceptors (Lipinski definition) is 4. The molecule has 1 aromatic rings. The van der Waals surface area contributed by atoms with Gasteiger partial charge in [0.2, 0.25) is 5.88 Å². The fourth-order valence-corrected chi connectivity index (χ4v) is 1.13. The summed E-state index contributed by atoms with van der Waals surface area (Å²) in [5.74, 6) is -1.23. The van der Waals surface area contributed by atoms with Gasteiger partial charge in [0.15, 0.2) is 6.61 Å². The van der Waals surface area contributed by atoms with Crippen molar-refractivity contribution >= 4 is 0 Å². The van der Waals surface area contributed by atoms with Gasteiger partial charge in [-0.2, -0.15) is 31.3 Å². The standard InChI is InChI=1S/C11H12F6N2O2/c1-9(2,3)21-8-18-4-6(11(15,16)17)7(19-8)20-5-10(12,13)14/h4H,5H2,1-3H3. The Balaban J connectivity index is 3.11. The first-order chi connectivity index (χ1) is 9.28. The van der Waals surface area contributed by atoms with E-state index in [0.29, 0.717) is 6.20 Å². The summed E-state index contributed by atoms with van der Waals surface area (Å²) in [6, 6.07) is -0.507. The lowest BCUT2D eigenvalue weighted by Crippen LogP contribution is -2.25. The SMILES string of the molecule is CC(C)(C)Oc1ncc(C(F)(F)F)c(OCC(F)(F)F)n1. The van der Waals surface area contributed by atoms with E-state index in [1.807, 2.05) is 0 Å². The summed E-state index contributed by atoms with van der Waals surface area (Å²) in [4.78, 5) is 6.57. The molecule has 0 aliphatic carbocycles. The second-order valence-corrected chi connectivity index (χ2v) is 4.99. The second-order valence-electron chi connectivity index (χ2n) is 4.99. The highest BCUT2D eigenvalue weighted by atomic mass is 19.4. The zero-order valence-corrected chi connectivity index (χ0v) is 11.3. The average molecular weight is 318 g/mol. The van der Waals surface area contributed by atoms with E-state index in [-0.39, 0.29) is 0 Å². The Hall–Kier alpha value is -1.74. The van der Waals surface area contributed by atoms with Gasteiger partial charge in [-0.15, -0.1) is 0 Å². The van der Waals surface area contributed by atoms with Gasteiger partial charge in [0.1, 0.15) is 11.2 Å². The molecule has 0 radical (unpaired) electrons. The molecule has 1 rings (SSSR count). The fraction of sp³-hybridized carbons (Fsp3) is 0.636. The molecule has 0 fully saturated rings. The van der Waals surface area contributed by atoms with Crippen LogP contribution in [0.25, 0.3) is 0 Å². The zero-order chi connectivity index (χ0) is 16.5. The van der Waals surface area contributed by atoms with Gasteiger partial charge in [-0.1, -0.05) is 0 Å². The van der Waals surface area contributed by atoms with Crippen LogP contribution in [0.2, 0.25) is 0 Å². The highest BCUT2D eigenvalue weighted by molar-refractivity contribution is 5.28. The van der Waals surface area contributed by atoms with E-state index in [1.165, 1.54) is 0 Å². The first-order valence-corrected chi connectivity index (χ1v) is 5.61. The predicted molar refractivity (Wildman–Crippen MR) is 59.0 cm³/mol. The van der Waals surface area contributed by atoms with Gasteiger partial charge in [0, 0.05) is 0 Å². The van der Waals surface area contributed by atoms with Crippen LogP contribution in [0.1, 0.15) is 26.3 Å². The number of halogens is 6. The van der Waals surface area contributed by atoms with Crippen LogP contribution < -0.4 is 9.47 Å². The van der Waals surface area contributed by atoms with Crippen molar-refractivity contribution in [2.24, 2.45) is 0 Å². The molecule has 21 heavy (non-hydrogen) atoms. The minimum absolute atomic E-state index is 0.319. The van der Waals surface area contributed by atoms with E-state index in [0.717, 1.165) is 0 Å². The monoisotopic (exact) mass is 318 g/mol. The molecule has 0 atom stereocenters. The molecule has 0 aromatic carbocycles. The van der Waals surface area contributed by atoms with Gasteiger partial charge in [-0.3, -0.25) is 0 Å². The van der Waals surface area contributed by atoms with Gasteiger partial charge >= 0.3 is 18.4 Å². The topological polar surface area (TPSA) is 44.2 Å². The van der Waals surface area contributed by atoms with Crippen LogP contribution in [0.5, 0.6) is 11.9 Å². The maximum atomic E-state index is 12.7. The molecule has 10 heteroatoms. The van der Waals surface area contributed by atoms with Gasteiger partial charge in [0.25, 0.3) is 0 Å². The number of nitrogens with zero attached hydrogens (tertiary/aromatic N) is 2. The Morgan fingerprint density at radius 1 is 1.05 bits per heavy atom. The summed E-state index contributed by atoms with van der Waals surface area (Å²) < 4.78 is 83.3. The van der Waals surface area contributed by atoms with Crippen molar-refractivity contribution in [1.29, 1.82) is 0 Å². The summed E-state index contributed by atoms with van der Waals surface area (Å²) in [6.07, 6.45) is -9.42. The van der Waals surface area contributed by atoms with Crippen LogP contribution >= 0.6 is 0 Å². The zero-order valence-electron chi connectivity index (χ0n) is 11.3. The summed E-state index contributed by atoms with van der Waals surface area (Å²) in [6.45, 7) is 2.82. The molecule has 0 amide bonds. The predicted octanol–water partition coefficient (Wildman–Crippen LogP) is 3.61. The van der Waals surface area contributed by atoms with Gasteiger partial charge in [0.05, 0.1) is 6.20 Å². The quantitative estimate of drug-likeness (QED) is 0.799. The largest absolute Gasteiger partial charge is 0.467 e. The van der Waals surface area contributed by atoms with Crippen molar-refractivity contribution in [2.45, 2.75) is 38.7 Å². The summed E-state index contributed by atoms with van der Waals surface area (Å²) in [5, 5.41) is 0. The fourth-order valence-electron chi connectivity index (χ4n) is 1.13. The van der Waals surface area contributed by atoms with Crippen LogP contribution in [-0.4, -0.2) is 28.4 Å². The highest BCUT2D eigenvalue weighted by Crippen LogP contribution is 2.36. The van der Waals surface area contributed by atoms with Crippen LogP contribution in [-0.2, 0) is 6.18 Å². The van der Waals surface area contributed by atoms with Crippen molar-refractivity contribution in [2.75, 3.05) is 6.61 Å². The van der Waals surface area contributed by atoms with E-state index in [4.69, 9.17) is 4.74 Å². The molecule has 120 valence electrons. The maximum absolute atomic E-state index is 12.7. The number of aromatic nitrogens is 2. The van der Waals surface area contributed by atoms with Crippen molar-refractivity contribution in [1.82, 2.24) is 9.97 Å². The third kappa shape index (κ3) is 6.05. The normalized spacial score (nSPS) is 13.2. The Morgan fingerprint density at radius 3 is 2.05 bits per heavy atom. The third-order valence-corrected chi connectivity index (χ3v) is 1.81. The van der Waals surface area contributed by atoms with E-state index in [9.17, 15) is 26.3 Å². The number of rotatable bonds is 3. The lowest BCUT2D eigenvalue weighted by Gasteiger charge is -2.20. The van der Waals surface area contributed by atoms with E-state index >= 15 is 0 Å². The Labute approximate surface area is 116 Å². The van der Waals surface area contributed by atoms with E-state index in [2.05, 4.69) is 14.7 Å². The summed E-state index contributed by atoms with van der Waals surface area (Å²) >= 11 is 0. The first kappa shape index (κ1) is 17.3. The number of ether oxygens (including phenoxy) is 2. The molecule has 0 aliphatic rings. The number of alkyl halides is 6. The van der Waals surface area contributed by atoms with Gasteiger partial charge in [-0.25, -0.2) is 4.98 Å².